The van der Waals surface area contributed by atoms with Crippen molar-refractivity contribution < 1.29 is 32.4 Å². The standard InChI is InChI=1S/C29H35N3O3.Fe/c1-20-8-5-11-23(26(20)33)14-30-17-29(4,18-31-15-24-12-6-9-21(2)27(24)34)19-32-16-25-13-7-10-22(3)28(25)35;/h5-14,33-35H,15-19H2,1-4H3;/q-2;+5. The van der Waals surface area contributed by atoms with Crippen LogP contribution >= 0.6 is 0 Å². The monoisotopic (exact) mass is 529 g/mol. The number of hydrogen-bond donors (Lipinski definition) is 3. The van der Waals surface area contributed by atoms with Gasteiger partial charge in [0.05, 0.1) is 0 Å². The molecular weight excluding hydrogens is 494 g/mol. The first kappa shape index (κ1) is 29.4. The molecule has 0 saturated heterocycles. The molecule has 3 aromatic carbocycles. The van der Waals surface area contributed by atoms with Crippen molar-refractivity contribution in [3.8, 4) is 17.2 Å². The zero-order valence-corrected chi connectivity index (χ0v) is 22.5. The summed E-state index contributed by atoms with van der Waals surface area (Å²) in [5, 5.41) is 40.4. The summed E-state index contributed by atoms with van der Waals surface area (Å²) < 4.78 is 0. The van der Waals surface area contributed by atoms with Gasteiger partial charge in [0.25, 0.3) is 0 Å². The van der Waals surface area contributed by atoms with Crippen LogP contribution in [0.4, 0.5) is 0 Å². The van der Waals surface area contributed by atoms with E-state index < -0.39 is 0 Å². The van der Waals surface area contributed by atoms with E-state index in [1.165, 1.54) is 0 Å². The van der Waals surface area contributed by atoms with Crippen molar-refractivity contribution in [1.29, 1.82) is 0 Å². The number of aromatic hydroxyl groups is 3. The van der Waals surface area contributed by atoms with Gasteiger partial charge >= 0.3 is 17.1 Å². The molecule has 36 heavy (non-hydrogen) atoms. The summed E-state index contributed by atoms with van der Waals surface area (Å²) in [7, 11) is 0. The number of benzene rings is 3. The van der Waals surface area contributed by atoms with Crippen molar-refractivity contribution >= 4 is 6.21 Å². The second-order valence-electron chi connectivity index (χ2n) is 9.54. The summed E-state index contributed by atoms with van der Waals surface area (Å²) in [5.41, 5.74) is 4.36. The second kappa shape index (κ2) is 13.5. The molecule has 6 nitrogen and oxygen atoms in total. The number of phenolic OH excluding ortho intramolecular Hbond substituents is 3. The maximum Gasteiger partial charge on any atom is 5.00 e. The predicted octanol–water partition coefficient (Wildman–Crippen LogP) is 6.30. The van der Waals surface area contributed by atoms with E-state index in [-0.39, 0.29) is 39.7 Å². The van der Waals surface area contributed by atoms with E-state index in [1.807, 2.05) is 75.4 Å². The van der Waals surface area contributed by atoms with Crippen LogP contribution in [-0.4, -0.2) is 41.2 Å². The molecule has 0 spiro atoms. The zero-order valence-electron chi connectivity index (χ0n) is 21.3. The van der Waals surface area contributed by atoms with Gasteiger partial charge in [-0.3, -0.25) is 4.99 Å². The molecule has 3 rings (SSSR count). The number of phenols is 3. The molecule has 189 valence electrons. The van der Waals surface area contributed by atoms with Crippen LogP contribution in [0.5, 0.6) is 17.2 Å². The van der Waals surface area contributed by atoms with E-state index in [4.69, 9.17) is 10.6 Å². The van der Waals surface area contributed by atoms with Gasteiger partial charge < -0.3 is 26.0 Å². The molecule has 0 aromatic heterocycles. The molecule has 3 N–H and O–H groups in total. The Morgan fingerprint density at radius 2 is 1.17 bits per heavy atom. The van der Waals surface area contributed by atoms with Crippen LogP contribution < -0.4 is 0 Å². The molecule has 0 fully saturated rings. The SMILES string of the molecule is Cc1cccc(C=NCC(C)(C[N-]Cc2cccc(C)c2O)C[N-]Cc2cccc(C)c2O)c1O.[Fe+5]. The molecule has 7 heteroatoms. The fourth-order valence-corrected chi connectivity index (χ4v) is 3.89. The van der Waals surface area contributed by atoms with Crippen molar-refractivity contribution in [1.82, 2.24) is 0 Å². The summed E-state index contributed by atoms with van der Waals surface area (Å²) in [6, 6.07) is 16.9. The van der Waals surface area contributed by atoms with Crippen molar-refractivity contribution in [2.24, 2.45) is 10.4 Å². The Labute approximate surface area is 225 Å². The number of rotatable bonds is 11. The molecule has 0 aliphatic carbocycles. The van der Waals surface area contributed by atoms with Crippen LogP contribution in [0.3, 0.4) is 0 Å². The Morgan fingerprint density at radius 3 is 1.67 bits per heavy atom. The van der Waals surface area contributed by atoms with E-state index in [0.717, 1.165) is 27.8 Å². The molecular formula is C29H35FeN3O3+3. The van der Waals surface area contributed by atoms with Gasteiger partial charge in [-0.25, -0.2) is 0 Å². The third-order valence-corrected chi connectivity index (χ3v) is 6.17. The van der Waals surface area contributed by atoms with E-state index >= 15 is 0 Å². The van der Waals surface area contributed by atoms with E-state index in [1.54, 1.807) is 6.21 Å². The first-order valence-electron chi connectivity index (χ1n) is 11.8. The zero-order chi connectivity index (χ0) is 25.4. The van der Waals surface area contributed by atoms with Gasteiger partial charge in [-0.1, -0.05) is 60.9 Å². The van der Waals surface area contributed by atoms with Crippen LogP contribution in [0, 0.1) is 26.2 Å². The van der Waals surface area contributed by atoms with Crippen molar-refractivity contribution in [2.75, 3.05) is 19.6 Å². The molecule has 0 saturated carbocycles. The Kier molecular flexibility index (Phi) is 11.0. The minimum absolute atomic E-state index is 0. The Bertz CT molecular complexity index is 1120. The Balaban J connectivity index is 0.00000456. The van der Waals surface area contributed by atoms with Gasteiger partial charge in [0.1, 0.15) is 17.2 Å². The van der Waals surface area contributed by atoms with Crippen molar-refractivity contribution in [2.45, 2.75) is 40.8 Å². The van der Waals surface area contributed by atoms with Crippen LogP contribution in [0.15, 0.2) is 59.6 Å². The summed E-state index contributed by atoms with van der Waals surface area (Å²) in [5.74, 6) is 0.799. The molecule has 1 radical (unpaired) electrons. The van der Waals surface area contributed by atoms with Crippen molar-refractivity contribution in [3.05, 3.63) is 98.6 Å². The predicted molar refractivity (Wildman–Crippen MR) is 143 cm³/mol. The molecule has 0 amide bonds. The summed E-state index contributed by atoms with van der Waals surface area (Å²) in [6.07, 6.45) is 1.69. The maximum atomic E-state index is 10.3. The number of nitrogens with zero attached hydrogens (tertiary/aromatic N) is 3. The largest absolute Gasteiger partial charge is 5.00 e. The third-order valence-electron chi connectivity index (χ3n) is 6.17. The second-order valence-corrected chi connectivity index (χ2v) is 9.54. The minimum atomic E-state index is -0.366. The molecule has 0 bridgehead atoms. The molecule has 0 heterocycles. The third kappa shape index (κ3) is 7.84. The topological polar surface area (TPSA) is 101 Å². The quantitative estimate of drug-likeness (QED) is 0.201. The van der Waals surface area contributed by atoms with Crippen molar-refractivity contribution in [3.63, 3.8) is 0 Å². The van der Waals surface area contributed by atoms with Crippen LogP contribution in [0.2, 0.25) is 0 Å². The van der Waals surface area contributed by atoms with Gasteiger partial charge in [-0.05, 0) is 54.7 Å². The van der Waals surface area contributed by atoms with Gasteiger partial charge in [0.15, 0.2) is 0 Å². The van der Waals surface area contributed by atoms with Crippen LogP contribution in [0.1, 0.15) is 40.3 Å². The summed E-state index contributed by atoms with van der Waals surface area (Å²) in [4.78, 5) is 4.63. The number of aryl methyl sites for hydroxylation is 3. The average molecular weight is 529 g/mol. The maximum absolute atomic E-state index is 10.3. The molecule has 0 aliphatic rings. The molecule has 0 aliphatic heterocycles. The molecule has 3 aromatic rings. The minimum Gasteiger partial charge on any atom is -0.658 e. The number of aliphatic imine (C=N–C) groups is 1. The number of hydrogen-bond acceptors (Lipinski definition) is 4. The van der Waals surface area contributed by atoms with Gasteiger partial charge in [0.2, 0.25) is 0 Å². The summed E-state index contributed by atoms with van der Waals surface area (Å²) >= 11 is 0. The Hall–Kier alpha value is -2.83. The first-order chi connectivity index (χ1) is 16.7. The van der Waals surface area contributed by atoms with E-state index in [9.17, 15) is 15.3 Å². The fourth-order valence-electron chi connectivity index (χ4n) is 3.89. The molecule has 0 atom stereocenters. The summed E-state index contributed by atoms with van der Waals surface area (Å²) in [6.45, 7) is 9.97. The Morgan fingerprint density at radius 1 is 0.722 bits per heavy atom. The average Bonchev–Trinajstić information content (AvgIpc) is 2.82. The van der Waals surface area contributed by atoms with Crippen LogP contribution in [0.25, 0.3) is 10.6 Å². The first-order valence-corrected chi connectivity index (χ1v) is 11.8. The molecule has 0 unspecified atom stereocenters. The van der Waals surface area contributed by atoms with E-state index in [2.05, 4.69) is 11.9 Å². The smallest absolute Gasteiger partial charge is 0.658 e. The number of para-hydroxylation sites is 3. The normalized spacial score (nSPS) is 11.6. The fraction of sp³-hybridized carbons (Fsp3) is 0.345. The van der Waals surface area contributed by atoms with Gasteiger partial charge in [-0.2, -0.15) is 0 Å². The van der Waals surface area contributed by atoms with Gasteiger partial charge in [0, 0.05) is 18.3 Å². The van der Waals surface area contributed by atoms with Gasteiger partial charge in [-0.15, -0.1) is 26.2 Å². The van der Waals surface area contributed by atoms with Crippen LogP contribution in [-0.2, 0) is 30.2 Å². The van der Waals surface area contributed by atoms with E-state index in [0.29, 0.717) is 38.3 Å².